The van der Waals surface area contributed by atoms with Crippen LogP contribution in [0.3, 0.4) is 0 Å². The van der Waals surface area contributed by atoms with Gasteiger partial charge >= 0.3 is 0 Å². The normalized spacial score (nSPS) is 13.1. The van der Waals surface area contributed by atoms with Gasteiger partial charge < -0.3 is 11.1 Å². The maximum atomic E-state index is 11.9. The van der Waals surface area contributed by atoms with E-state index in [1.54, 1.807) is 18.2 Å². The van der Waals surface area contributed by atoms with Gasteiger partial charge in [0.2, 0.25) is 5.91 Å². The SMILES string of the molecule is CCS(=O)(=O)C(C)C(=O)Nc1ccccc1CN. The maximum Gasteiger partial charge on any atom is 0.242 e. The minimum absolute atomic E-state index is 0.0554. The van der Waals surface area contributed by atoms with Crippen LogP contribution in [-0.4, -0.2) is 25.3 Å². The molecule has 1 aromatic rings. The molecule has 0 saturated heterocycles. The third kappa shape index (κ3) is 3.30. The van der Waals surface area contributed by atoms with Gasteiger partial charge in [-0.15, -0.1) is 0 Å². The number of rotatable bonds is 5. The van der Waals surface area contributed by atoms with Crippen molar-refractivity contribution in [1.82, 2.24) is 0 Å². The summed E-state index contributed by atoms with van der Waals surface area (Å²) >= 11 is 0. The summed E-state index contributed by atoms with van der Waals surface area (Å²) in [7, 11) is -3.38. The van der Waals surface area contributed by atoms with E-state index < -0.39 is 21.0 Å². The van der Waals surface area contributed by atoms with Crippen LogP contribution in [0.2, 0.25) is 0 Å². The molecule has 0 radical (unpaired) electrons. The highest BCUT2D eigenvalue weighted by Gasteiger charge is 2.26. The number of benzene rings is 1. The Morgan fingerprint density at radius 1 is 1.39 bits per heavy atom. The van der Waals surface area contributed by atoms with E-state index in [0.29, 0.717) is 5.69 Å². The molecule has 0 aliphatic carbocycles. The Morgan fingerprint density at radius 3 is 2.56 bits per heavy atom. The van der Waals surface area contributed by atoms with Crippen molar-refractivity contribution in [3.05, 3.63) is 29.8 Å². The molecule has 0 bridgehead atoms. The summed E-state index contributed by atoms with van der Waals surface area (Å²) in [5.74, 6) is -0.585. The van der Waals surface area contributed by atoms with Crippen LogP contribution < -0.4 is 11.1 Å². The number of hydrogen-bond acceptors (Lipinski definition) is 4. The minimum atomic E-state index is -3.38. The lowest BCUT2D eigenvalue weighted by Gasteiger charge is -2.14. The van der Waals surface area contributed by atoms with E-state index in [9.17, 15) is 13.2 Å². The van der Waals surface area contributed by atoms with Crippen molar-refractivity contribution < 1.29 is 13.2 Å². The molecule has 0 aromatic heterocycles. The van der Waals surface area contributed by atoms with Gasteiger partial charge in [-0.25, -0.2) is 8.42 Å². The lowest BCUT2D eigenvalue weighted by atomic mass is 10.2. The van der Waals surface area contributed by atoms with Gasteiger partial charge in [0.05, 0.1) is 0 Å². The van der Waals surface area contributed by atoms with Crippen LogP contribution in [0.15, 0.2) is 24.3 Å². The summed E-state index contributed by atoms with van der Waals surface area (Å²) in [6.45, 7) is 3.19. The first-order chi connectivity index (χ1) is 8.42. The van der Waals surface area contributed by atoms with Gasteiger partial charge in [-0.1, -0.05) is 25.1 Å². The van der Waals surface area contributed by atoms with Crippen LogP contribution in [0, 0.1) is 0 Å². The van der Waals surface area contributed by atoms with Gasteiger partial charge in [0, 0.05) is 18.0 Å². The molecule has 100 valence electrons. The first kappa shape index (κ1) is 14.7. The van der Waals surface area contributed by atoms with Crippen molar-refractivity contribution in [1.29, 1.82) is 0 Å². The number of amides is 1. The van der Waals surface area contributed by atoms with Gasteiger partial charge in [-0.2, -0.15) is 0 Å². The third-order valence-corrected chi connectivity index (χ3v) is 4.90. The Labute approximate surface area is 107 Å². The van der Waals surface area contributed by atoms with Gasteiger partial charge in [0.25, 0.3) is 0 Å². The predicted octanol–water partition coefficient (Wildman–Crippen LogP) is 0.907. The Balaban J connectivity index is 2.89. The molecule has 0 saturated carbocycles. The molecule has 1 unspecified atom stereocenters. The lowest BCUT2D eigenvalue weighted by Crippen LogP contribution is -2.33. The van der Waals surface area contributed by atoms with Crippen molar-refractivity contribution >= 4 is 21.4 Å². The summed E-state index contributed by atoms with van der Waals surface area (Å²) in [5, 5.41) is 1.54. The third-order valence-electron chi connectivity index (χ3n) is 2.81. The molecule has 1 aromatic carbocycles. The fourth-order valence-electron chi connectivity index (χ4n) is 1.47. The number of nitrogens with two attached hydrogens (primary N) is 1. The van der Waals surface area contributed by atoms with Crippen LogP contribution in [0.25, 0.3) is 0 Å². The highest BCUT2D eigenvalue weighted by atomic mass is 32.2. The standard InChI is InChI=1S/C12H18N2O3S/c1-3-18(16,17)9(2)12(15)14-11-7-5-4-6-10(11)8-13/h4-7,9H,3,8,13H2,1-2H3,(H,14,15). The quantitative estimate of drug-likeness (QED) is 0.832. The summed E-state index contributed by atoms with van der Waals surface area (Å²) in [6.07, 6.45) is 0. The first-order valence-electron chi connectivity index (χ1n) is 5.72. The monoisotopic (exact) mass is 270 g/mol. The molecule has 0 aliphatic rings. The summed E-state index contributed by atoms with van der Waals surface area (Å²) in [6, 6.07) is 7.05. The van der Waals surface area contributed by atoms with E-state index in [4.69, 9.17) is 5.73 Å². The molecule has 18 heavy (non-hydrogen) atoms. The van der Waals surface area contributed by atoms with Crippen LogP contribution in [-0.2, 0) is 21.2 Å². The average molecular weight is 270 g/mol. The van der Waals surface area contributed by atoms with Crippen molar-refractivity contribution in [2.45, 2.75) is 25.6 Å². The second kappa shape index (κ2) is 5.97. The Kier molecular flexibility index (Phi) is 4.86. The molecular formula is C12H18N2O3S. The number of carbonyl (C=O) groups excluding carboxylic acids is 1. The molecule has 0 fully saturated rings. The van der Waals surface area contributed by atoms with E-state index in [1.807, 2.05) is 6.07 Å². The van der Waals surface area contributed by atoms with Crippen LogP contribution in [0.1, 0.15) is 19.4 Å². The second-order valence-electron chi connectivity index (χ2n) is 3.94. The van der Waals surface area contributed by atoms with E-state index in [-0.39, 0.29) is 12.3 Å². The minimum Gasteiger partial charge on any atom is -0.326 e. The van der Waals surface area contributed by atoms with Crippen molar-refractivity contribution in [2.75, 3.05) is 11.1 Å². The second-order valence-corrected chi connectivity index (χ2v) is 6.55. The Hall–Kier alpha value is -1.40. The van der Waals surface area contributed by atoms with Gasteiger partial charge in [0.1, 0.15) is 5.25 Å². The molecule has 0 spiro atoms. The van der Waals surface area contributed by atoms with E-state index in [1.165, 1.54) is 13.8 Å². The van der Waals surface area contributed by atoms with E-state index in [2.05, 4.69) is 5.32 Å². The predicted molar refractivity (Wildman–Crippen MR) is 71.9 cm³/mol. The lowest BCUT2D eigenvalue weighted by molar-refractivity contribution is -0.115. The number of carbonyl (C=O) groups is 1. The van der Waals surface area contributed by atoms with Crippen molar-refractivity contribution in [3.8, 4) is 0 Å². The van der Waals surface area contributed by atoms with Crippen LogP contribution in [0.4, 0.5) is 5.69 Å². The van der Waals surface area contributed by atoms with E-state index in [0.717, 1.165) is 5.56 Å². The van der Waals surface area contributed by atoms with Gasteiger partial charge in [-0.3, -0.25) is 4.79 Å². The largest absolute Gasteiger partial charge is 0.326 e. The highest BCUT2D eigenvalue weighted by Crippen LogP contribution is 2.15. The molecule has 1 atom stereocenters. The van der Waals surface area contributed by atoms with E-state index >= 15 is 0 Å². The van der Waals surface area contributed by atoms with Crippen molar-refractivity contribution in [2.24, 2.45) is 5.73 Å². The topological polar surface area (TPSA) is 89.3 Å². The molecule has 1 amide bonds. The summed E-state index contributed by atoms with van der Waals surface area (Å²) in [5.41, 5.74) is 6.87. The Morgan fingerprint density at radius 2 is 2.00 bits per heavy atom. The number of anilines is 1. The number of nitrogens with one attached hydrogen (secondary N) is 1. The van der Waals surface area contributed by atoms with Gasteiger partial charge in [-0.05, 0) is 18.6 Å². The zero-order chi connectivity index (χ0) is 13.8. The molecule has 3 N–H and O–H groups in total. The Bertz CT molecular complexity index is 526. The zero-order valence-electron chi connectivity index (χ0n) is 10.5. The maximum absolute atomic E-state index is 11.9. The summed E-state index contributed by atoms with van der Waals surface area (Å²) in [4.78, 5) is 11.9. The molecule has 6 heteroatoms. The number of sulfone groups is 1. The fraction of sp³-hybridized carbons (Fsp3) is 0.417. The molecular weight excluding hydrogens is 252 g/mol. The number of para-hydroxylation sites is 1. The fourth-order valence-corrected chi connectivity index (χ4v) is 2.35. The molecule has 1 rings (SSSR count). The smallest absolute Gasteiger partial charge is 0.242 e. The number of hydrogen-bond donors (Lipinski definition) is 2. The molecule has 0 heterocycles. The van der Waals surface area contributed by atoms with Crippen LogP contribution in [0.5, 0.6) is 0 Å². The molecule has 0 aliphatic heterocycles. The average Bonchev–Trinajstić information content (AvgIpc) is 2.38. The molecule has 5 nitrogen and oxygen atoms in total. The zero-order valence-corrected chi connectivity index (χ0v) is 11.3. The highest BCUT2D eigenvalue weighted by molar-refractivity contribution is 7.92. The van der Waals surface area contributed by atoms with Gasteiger partial charge in [0.15, 0.2) is 9.84 Å². The van der Waals surface area contributed by atoms with Crippen molar-refractivity contribution in [3.63, 3.8) is 0 Å². The summed E-state index contributed by atoms with van der Waals surface area (Å²) < 4.78 is 23.2. The first-order valence-corrected chi connectivity index (χ1v) is 7.44. The van der Waals surface area contributed by atoms with Crippen LogP contribution >= 0.6 is 0 Å².